The third-order valence-electron chi connectivity index (χ3n) is 3.43. The minimum absolute atomic E-state index is 0.135. The summed E-state index contributed by atoms with van der Waals surface area (Å²) in [5, 5.41) is 8.64. The van der Waals surface area contributed by atoms with Crippen molar-refractivity contribution in [3.8, 4) is 0 Å². The monoisotopic (exact) mass is 354 g/mol. The van der Waals surface area contributed by atoms with Crippen molar-refractivity contribution >= 4 is 23.2 Å². The zero-order valence-electron chi connectivity index (χ0n) is 13.6. The fourth-order valence-electron chi connectivity index (χ4n) is 1.96. The standard InChI is InChI=1S/C16H17F3N4O2/c1-3-14(24)20-11-4-6-12(7-5-11)21-15(25)10(2)23-9-8-13(22-23)16(17,18)19/h4-10H,3H2,1-2H3,(H,20,24)(H,21,25). The highest BCUT2D eigenvalue weighted by atomic mass is 19.4. The van der Waals surface area contributed by atoms with Gasteiger partial charge in [0.15, 0.2) is 5.69 Å². The van der Waals surface area contributed by atoms with Crippen molar-refractivity contribution in [2.45, 2.75) is 32.5 Å². The number of halogens is 3. The molecular weight excluding hydrogens is 337 g/mol. The van der Waals surface area contributed by atoms with E-state index in [0.717, 1.165) is 16.9 Å². The Morgan fingerprint density at radius 1 is 1.12 bits per heavy atom. The Bertz CT molecular complexity index is 753. The van der Waals surface area contributed by atoms with E-state index in [2.05, 4.69) is 15.7 Å². The first-order valence-electron chi connectivity index (χ1n) is 7.54. The molecule has 2 aromatic rings. The number of benzene rings is 1. The van der Waals surface area contributed by atoms with E-state index < -0.39 is 23.8 Å². The maximum Gasteiger partial charge on any atom is 0.435 e. The summed E-state index contributed by atoms with van der Waals surface area (Å²) in [6.07, 6.45) is -3.10. The Kier molecular flexibility index (Phi) is 5.45. The number of nitrogens with one attached hydrogen (secondary N) is 2. The van der Waals surface area contributed by atoms with Crippen LogP contribution in [0.1, 0.15) is 32.0 Å². The minimum Gasteiger partial charge on any atom is -0.326 e. The van der Waals surface area contributed by atoms with Gasteiger partial charge in [-0.05, 0) is 37.3 Å². The van der Waals surface area contributed by atoms with E-state index in [1.165, 1.54) is 6.92 Å². The number of aromatic nitrogens is 2. The zero-order valence-corrected chi connectivity index (χ0v) is 13.6. The van der Waals surface area contributed by atoms with Gasteiger partial charge in [0.2, 0.25) is 11.8 Å². The Morgan fingerprint density at radius 2 is 1.68 bits per heavy atom. The highest BCUT2D eigenvalue weighted by Gasteiger charge is 2.34. The number of alkyl halides is 3. The molecule has 0 aliphatic heterocycles. The first-order valence-corrected chi connectivity index (χ1v) is 7.54. The summed E-state index contributed by atoms with van der Waals surface area (Å²) in [7, 11) is 0. The molecule has 0 spiro atoms. The lowest BCUT2D eigenvalue weighted by molar-refractivity contribution is -0.141. The molecule has 1 aromatic carbocycles. The second kappa shape index (κ2) is 7.37. The van der Waals surface area contributed by atoms with Gasteiger partial charge in [-0.3, -0.25) is 14.3 Å². The molecule has 2 rings (SSSR count). The summed E-state index contributed by atoms with van der Waals surface area (Å²) >= 11 is 0. The van der Waals surface area contributed by atoms with E-state index in [9.17, 15) is 22.8 Å². The highest BCUT2D eigenvalue weighted by molar-refractivity contribution is 5.94. The van der Waals surface area contributed by atoms with Crippen molar-refractivity contribution in [3.63, 3.8) is 0 Å². The fourth-order valence-corrected chi connectivity index (χ4v) is 1.96. The van der Waals surface area contributed by atoms with Gasteiger partial charge < -0.3 is 10.6 Å². The number of carbonyl (C=O) groups excluding carboxylic acids is 2. The minimum atomic E-state index is -4.56. The second-order valence-electron chi connectivity index (χ2n) is 5.32. The number of carbonyl (C=O) groups is 2. The van der Waals surface area contributed by atoms with Gasteiger partial charge >= 0.3 is 6.18 Å². The molecule has 2 N–H and O–H groups in total. The summed E-state index contributed by atoms with van der Waals surface area (Å²) in [4.78, 5) is 23.4. The van der Waals surface area contributed by atoms with Crippen LogP contribution in [0, 0.1) is 0 Å². The normalized spacial score (nSPS) is 12.5. The summed E-state index contributed by atoms with van der Waals surface area (Å²) < 4.78 is 38.6. The van der Waals surface area contributed by atoms with Crippen LogP contribution in [-0.4, -0.2) is 21.6 Å². The predicted molar refractivity (Wildman–Crippen MR) is 85.9 cm³/mol. The zero-order chi connectivity index (χ0) is 18.6. The average Bonchev–Trinajstić information content (AvgIpc) is 3.06. The lowest BCUT2D eigenvalue weighted by Gasteiger charge is -2.13. The van der Waals surface area contributed by atoms with Crippen LogP contribution in [0.5, 0.6) is 0 Å². The van der Waals surface area contributed by atoms with Crippen LogP contribution in [0.15, 0.2) is 36.5 Å². The predicted octanol–water partition coefficient (Wildman–Crippen LogP) is 3.45. The van der Waals surface area contributed by atoms with E-state index in [-0.39, 0.29) is 5.91 Å². The third kappa shape index (κ3) is 4.82. The van der Waals surface area contributed by atoms with E-state index in [1.807, 2.05) is 0 Å². The fraction of sp³-hybridized carbons (Fsp3) is 0.312. The first-order chi connectivity index (χ1) is 11.7. The van der Waals surface area contributed by atoms with Crippen molar-refractivity contribution in [2.75, 3.05) is 10.6 Å². The van der Waals surface area contributed by atoms with Crippen LogP contribution in [0.4, 0.5) is 24.5 Å². The highest BCUT2D eigenvalue weighted by Crippen LogP contribution is 2.28. The molecule has 134 valence electrons. The third-order valence-corrected chi connectivity index (χ3v) is 3.43. The van der Waals surface area contributed by atoms with Gasteiger partial charge in [-0.25, -0.2) is 0 Å². The molecular formula is C16H17F3N4O2. The molecule has 6 nitrogen and oxygen atoms in total. The summed E-state index contributed by atoms with van der Waals surface area (Å²) in [6, 6.07) is 6.29. The number of hydrogen-bond donors (Lipinski definition) is 2. The van der Waals surface area contributed by atoms with Gasteiger partial charge in [0.1, 0.15) is 6.04 Å². The molecule has 25 heavy (non-hydrogen) atoms. The Labute approximate surface area is 142 Å². The van der Waals surface area contributed by atoms with Crippen molar-refractivity contribution in [1.29, 1.82) is 0 Å². The van der Waals surface area contributed by atoms with Gasteiger partial charge in [0.25, 0.3) is 0 Å². The molecule has 1 aromatic heterocycles. The van der Waals surface area contributed by atoms with Gasteiger partial charge in [-0.2, -0.15) is 18.3 Å². The van der Waals surface area contributed by atoms with Gasteiger partial charge in [-0.1, -0.05) is 6.92 Å². The van der Waals surface area contributed by atoms with Crippen LogP contribution in [0.3, 0.4) is 0 Å². The number of amides is 2. The summed E-state index contributed by atoms with van der Waals surface area (Å²) in [5.74, 6) is -0.647. The van der Waals surface area contributed by atoms with E-state index in [1.54, 1.807) is 31.2 Å². The molecule has 1 heterocycles. The van der Waals surface area contributed by atoms with Crippen LogP contribution in [0.25, 0.3) is 0 Å². The number of nitrogens with zero attached hydrogens (tertiary/aromatic N) is 2. The lowest BCUT2D eigenvalue weighted by Crippen LogP contribution is -2.24. The molecule has 1 atom stereocenters. The molecule has 0 bridgehead atoms. The van der Waals surface area contributed by atoms with Crippen LogP contribution in [0.2, 0.25) is 0 Å². The SMILES string of the molecule is CCC(=O)Nc1ccc(NC(=O)C(C)n2ccc(C(F)(F)F)n2)cc1. The van der Waals surface area contributed by atoms with Crippen LogP contribution in [-0.2, 0) is 15.8 Å². The van der Waals surface area contributed by atoms with E-state index >= 15 is 0 Å². The van der Waals surface area contributed by atoms with Gasteiger partial charge in [0.05, 0.1) is 0 Å². The number of rotatable bonds is 5. The average molecular weight is 354 g/mol. The van der Waals surface area contributed by atoms with E-state index in [4.69, 9.17) is 0 Å². The van der Waals surface area contributed by atoms with Crippen molar-refractivity contribution in [2.24, 2.45) is 0 Å². The van der Waals surface area contributed by atoms with Gasteiger partial charge in [-0.15, -0.1) is 0 Å². The molecule has 2 amide bonds. The Balaban J connectivity index is 2.01. The maximum atomic E-state index is 12.6. The van der Waals surface area contributed by atoms with Crippen LogP contribution < -0.4 is 10.6 Å². The summed E-state index contributed by atoms with van der Waals surface area (Å²) in [6.45, 7) is 3.17. The lowest BCUT2D eigenvalue weighted by atomic mass is 10.2. The quantitative estimate of drug-likeness (QED) is 0.863. The van der Waals surface area contributed by atoms with E-state index in [0.29, 0.717) is 17.8 Å². The smallest absolute Gasteiger partial charge is 0.326 e. The molecule has 0 saturated heterocycles. The maximum absolute atomic E-state index is 12.6. The number of hydrogen-bond acceptors (Lipinski definition) is 3. The molecule has 0 aliphatic rings. The molecule has 0 radical (unpaired) electrons. The molecule has 0 fully saturated rings. The summed E-state index contributed by atoms with van der Waals surface area (Å²) in [5.41, 5.74) is -0.0162. The first kappa shape index (κ1) is 18.5. The number of anilines is 2. The molecule has 0 saturated carbocycles. The van der Waals surface area contributed by atoms with Crippen molar-refractivity contribution < 1.29 is 22.8 Å². The van der Waals surface area contributed by atoms with Crippen LogP contribution >= 0.6 is 0 Å². The molecule has 1 unspecified atom stereocenters. The van der Waals surface area contributed by atoms with Crippen molar-refractivity contribution in [3.05, 3.63) is 42.2 Å². The second-order valence-corrected chi connectivity index (χ2v) is 5.32. The Morgan fingerprint density at radius 3 is 2.16 bits per heavy atom. The van der Waals surface area contributed by atoms with Crippen molar-refractivity contribution in [1.82, 2.24) is 9.78 Å². The largest absolute Gasteiger partial charge is 0.435 e. The topological polar surface area (TPSA) is 76.0 Å². The van der Waals surface area contributed by atoms with Gasteiger partial charge in [0, 0.05) is 24.0 Å². The molecule has 0 aliphatic carbocycles. The molecule has 9 heteroatoms. The Hall–Kier alpha value is -2.84.